The van der Waals surface area contributed by atoms with Crippen molar-refractivity contribution in [3.63, 3.8) is 0 Å². The van der Waals surface area contributed by atoms with E-state index in [1.54, 1.807) is 4.90 Å². The van der Waals surface area contributed by atoms with Crippen LogP contribution in [-0.2, 0) is 19.1 Å². The van der Waals surface area contributed by atoms with Crippen molar-refractivity contribution in [2.75, 3.05) is 20.2 Å². The minimum Gasteiger partial charge on any atom is -0.468 e. The molecule has 2 rings (SSSR count). The van der Waals surface area contributed by atoms with Gasteiger partial charge in [0.25, 0.3) is 0 Å². The normalized spacial score (nSPS) is 24.5. The highest BCUT2D eigenvalue weighted by atomic mass is 16.6. The zero-order valence-electron chi connectivity index (χ0n) is 13.1. The molecular weight excluding hydrogens is 274 g/mol. The van der Waals surface area contributed by atoms with Crippen LogP contribution in [0.3, 0.4) is 0 Å². The summed E-state index contributed by atoms with van der Waals surface area (Å²) < 4.78 is 10.1. The van der Waals surface area contributed by atoms with Crippen molar-refractivity contribution in [2.24, 2.45) is 11.3 Å². The molecule has 1 saturated heterocycles. The van der Waals surface area contributed by atoms with Gasteiger partial charge in [0.05, 0.1) is 7.11 Å². The number of Topliss-reactive ketones (excluding diaryl/α,β-unsaturated/α-hetero) is 1. The third kappa shape index (κ3) is 3.04. The smallest absolute Gasteiger partial charge is 0.410 e. The van der Waals surface area contributed by atoms with E-state index in [0.717, 1.165) is 12.8 Å². The first kappa shape index (κ1) is 15.8. The molecule has 1 aliphatic carbocycles. The molecule has 0 bridgehead atoms. The van der Waals surface area contributed by atoms with Gasteiger partial charge in [0, 0.05) is 24.9 Å². The predicted molar refractivity (Wildman–Crippen MR) is 74.6 cm³/mol. The topological polar surface area (TPSA) is 72.9 Å². The Balaban J connectivity index is 2.06. The van der Waals surface area contributed by atoms with Crippen LogP contribution in [0, 0.1) is 11.3 Å². The fourth-order valence-corrected chi connectivity index (χ4v) is 3.25. The van der Waals surface area contributed by atoms with Crippen LogP contribution < -0.4 is 0 Å². The molecule has 118 valence electrons. The number of hydrogen-bond acceptors (Lipinski definition) is 5. The lowest BCUT2D eigenvalue weighted by Crippen LogP contribution is -2.66. The van der Waals surface area contributed by atoms with Crippen LogP contribution in [0.2, 0.25) is 0 Å². The van der Waals surface area contributed by atoms with Crippen molar-refractivity contribution in [3.8, 4) is 0 Å². The Bertz CT molecular complexity index is 451. The lowest BCUT2D eigenvalue weighted by Gasteiger charge is -2.54. The molecule has 0 aromatic rings. The van der Waals surface area contributed by atoms with Gasteiger partial charge in [-0.1, -0.05) is 0 Å². The summed E-state index contributed by atoms with van der Waals surface area (Å²) >= 11 is 0. The Labute approximate surface area is 124 Å². The second-order valence-electron chi connectivity index (χ2n) is 6.97. The molecule has 1 aliphatic heterocycles. The van der Waals surface area contributed by atoms with Gasteiger partial charge in [-0.15, -0.1) is 0 Å². The first-order valence-corrected chi connectivity index (χ1v) is 7.27. The summed E-state index contributed by atoms with van der Waals surface area (Å²) in [6.07, 6.45) is 1.54. The molecule has 1 atom stereocenters. The largest absolute Gasteiger partial charge is 0.468 e. The summed E-state index contributed by atoms with van der Waals surface area (Å²) in [6, 6.07) is 0. The number of ether oxygens (including phenoxy) is 2. The van der Waals surface area contributed by atoms with Crippen LogP contribution in [0.5, 0.6) is 0 Å². The summed E-state index contributed by atoms with van der Waals surface area (Å²) in [5.41, 5.74) is -1.01. The number of ketones is 1. The summed E-state index contributed by atoms with van der Waals surface area (Å²) in [6.45, 7) is 6.19. The second kappa shape index (κ2) is 5.31. The highest BCUT2D eigenvalue weighted by Crippen LogP contribution is 2.47. The Hall–Kier alpha value is -1.59. The molecule has 2 fully saturated rings. The maximum Gasteiger partial charge on any atom is 0.410 e. The lowest BCUT2D eigenvalue weighted by molar-refractivity contribution is -0.166. The van der Waals surface area contributed by atoms with Crippen LogP contribution in [0.1, 0.15) is 40.0 Å². The zero-order valence-corrected chi connectivity index (χ0v) is 13.1. The quantitative estimate of drug-likeness (QED) is 0.545. The SMILES string of the molecule is COC(=O)C1C(=O)CCCC12CN(C(=O)OC(C)(C)C)C2. The fraction of sp³-hybridized carbons (Fsp3) is 0.800. The van der Waals surface area contributed by atoms with E-state index in [1.807, 2.05) is 20.8 Å². The van der Waals surface area contributed by atoms with Crippen molar-refractivity contribution >= 4 is 17.8 Å². The second-order valence-corrected chi connectivity index (χ2v) is 6.97. The van der Waals surface area contributed by atoms with Gasteiger partial charge in [0.2, 0.25) is 0 Å². The zero-order chi connectivity index (χ0) is 15.8. The molecule has 1 saturated carbocycles. The van der Waals surface area contributed by atoms with Crippen LogP contribution in [0.25, 0.3) is 0 Å². The maximum atomic E-state index is 12.1. The van der Waals surface area contributed by atoms with E-state index in [1.165, 1.54) is 7.11 Å². The Kier molecular flexibility index (Phi) is 4.00. The Morgan fingerprint density at radius 1 is 1.29 bits per heavy atom. The number of nitrogens with zero attached hydrogens (tertiary/aromatic N) is 1. The summed E-state index contributed by atoms with van der Waals surface area (Å²) in [4.78, 5) is 37.5. The van der Waals surface area contributed by atoms with Gasteiger partial charge in [-0.25, -0.2) is 4.79 Å². The summed E-state index contributed by atoms with van der Waals surface area (Å²) in [5, 5.41) is 0. The highest BCUT2D eigenvalue weighted by molar-refractivity contribution is 6.00. The highest BCUT2D eigenvalue weighted by Gasteiger charge is 2.58. The monoisotopic (exact) mass is 297 g/mol. The van der Waals surface area contributed by atoms with Crippen LogP contribution in [0.4, 0.5) is 4.79 Å². The Morgan fingerprint density at radius 2 is 1.90 bits per heavy atom. The summed E-state index contributed by atoms with van der Waals surface area (Å²) in [7, 11) is 1.29. The lowest BCUT2D eigenvalue weighted by atomic mass is 9.61. The molecule has 1 unspecified atom stereocenters. The van der Waals surface area contributed by atoms with Crippen molar-refractivity contribution < 1.29 is 23.9 Å². The van der Waals surface area contributed by atoms with E-state index in [4.69, 9.17) is 9.47 Å². The van der Waals surface area contributed by atoms with Gasteiger partial charge in [-0.3, -0.25) is 9.59 Å². The maximum absolute atomic E-state index is 12.1. The molecule has 1 heterocycles. The number of carbonyl (C=O) groups excluding carboxylic acids is 3. The molecule has 2 aliphatic rings. The van der Waals surface area contributed by atoms with Crippen molar-refractivity contribution in [3.05, 3.63) is 0 Å². The molecule has 1 amide bonds. The third-order valence-corrected chi connectivity index (χ3v) is 4.13. The first-order valence-electron chi connectivity index (χ1n) is 7.27. The molecule has 1 spiro atoms. The average molecular weight is 297 g/mol. The standard InChI is InChI=1S/C15H23NO5/c1-14(2,3)21-13(19)16-8-15(9-16)7-5-6-10(17)11(15)12(18)20-4/h11H,5-9H2,1-4H3. The van der Waals surface area contributed by atoms with E-state index < -0.39 is 29.0 Å². The molecule has 6 nitrogen and oxygen atoms in total. The van der Waals surface area contributed by atoms with Gasteiger partial charge in [-0.2, -0.15) is 0 Å². The van der Waals surface area contributed by atoms with E-state index >= 15 is 0 Å². The van der Waals surface area contributed by atoms with E-state index in [0.29, 0.717) is 19.5 Å². The molecule has 0 aromatic heterocycles. The van der Waals surface area contributed by atoms with E-state index in [-0.39, 0.29) is 5.78 Å². The number of methoxy groups -OCH3 is 1. The molecule has 0 radical (unpaired) electrons. The number of carbonyl (C=O) groups is 3. The van der Waals surface area contributed by atoms with Crippen molar-refractivity contribution in [2.45, 2.75) is 45.6 Å². The van der Waals surface area contributed by atoms with Crippen molar-refractivity contribution in [1.82, 2.24) is 4.90 Å². The van der Waals surface area contributed by atoms with E-state index in [9.17, 15) is 14.4 Å². The van der Waals surface area contributed by atoms with Crippen molar-refractivity contribution in [1.29, 1.82) is 0 Å². The van der Waals surface area contributed by atoms with Gasteiger partial charge in [0.1, 0.15) is 17.3 Å². The van der Waals surface area contributed by atoms with Gasteiger partial charge in [-0.05, 0) is 33.6 Å². The van der Waals surface area contributed by atoms with Crippen LogP contribution >= 0.6 is 0 Å². The van der Waals surface area contributed by atoms with Crippen LogP contribution in [-0.4, -0.2) is 48.5 Å². The fourth-order valence-electron chi connectivity index (χ4n) is 3.25. The van der Waals surface area contributed by atoms with Gasteiger partial charge in [0.15, 0.2) is 0 Å². The minimum absolute atomic E-state index is 0.0723. The number of esters is 1. The molecule has 21 heavy (non-hydrogen) atoms. The molecule has 6 heteroatoms. The molecular formula is C15H23NO5. The number of hydrogen-bond donors (Lipinski definition) is 0. The Morgan fingerprint density at radius 3 is 2.43 bits per heavy atom. The third-order valence-electron chi connectivity index (χ3n) is 4.13. The van der Waals surface area contributed by atoms with Gasteiger partial charge < -0.3 is 14.4 Å². The molecule has 0 N–H and O–H groups in total. The number of rotatable bonds is 1. The number of amides is 1. The molecule has 0 aromatic carbocycles. The average Bonchev–Trinajstić information content (AvgIpc) is 2.32. The van der Waals surface area contributed by atoms with Gasteiger partial charge >= 0.3 is 12.1 Å². The van der Waals surface area contributed by atoms with E-state index in [2.05, 4.69) is 0 Å². The van der Waals surface area contributed by atoms with Crippen LogP contribution in [0.15, 0.2) is 0 Å². The first-order chi connectivity index (χ1) is 9.68. The predicted octanol–water partition coefficient (Wildman–Crippen LogP) is 1.77. The number of likely N-dealkylation sites (tertiary alicyclic amines) is 1. The summed E-state index contributed by atoms with van der Waals surface area (Å²) in [5.74, 6) is -1.30. The minimum atomic E-state index is -0.741.